The molecule has 0 fully saturated rings. The fraction of sp³-hybridized carbons (Fsp3) is 0.333. The van der Waals surface area contributed by atoms with Crippen LogP contribution in [0.15, 0.2) is 22.6 Å². The van der Waals surface area contributed by atoms with Crippen molar-refractivity contribution in [3.8, 4) is 5.75 Å². The van der Waals surface area contributed by atoms with E-state index in [2.05, 4.69) is 20.6 Å². The molecule has 138 valence electrons. The Bertz CT molecular complexity index is 704. The van der Waals surface area contributed by atoms with Crippen molar-refractivity contribution in [2.24, 2.45) is 4.99 Å². The predicted octanol–water partition coefficient (Wildman–Crippen LogP) is 4.77. The smallest absolute Gasteiger partial charge is 0.191 e. The van der Waals surface area contributed by atoms with E-state index in [9.17, 15) is 0 Å². The molecule has 0 saturated carbocycles. The van der Waals surface area contributed by atoms with E-state index in [4.69, 9.17) is 39.5 Å². The van der Waals surface area contributed by atoms with Crippen molar-refractivity contribution >= 4 is 76.1 Å². The minimum absolute atomic E-state index is 0. The SMILES string of the molecule is CN=C(NCCOc1c(Cl)cc(Cl)cc1Cl)NCc1scnc1C.I. The average Bonchev–Trinajstić information content (AvgIpc) is 2.93. The van der Waals surface area contributed by atoms with E-state index in [1.54, 1.807) is 30.5 Å². The molecule has 0 aliphatic heterocycles. The van der Waals surface area contributed by atoms with Crippen molar-refractivity contribution in [2.75, 3.05) is 20.2 Å². The van der Waals surface area contributed by atoms with Gasteiger partial charge < -0.3 is 15.4 Å². The van der Waals surface area contributed by atoms with Gasteiger partial charge in [0.05, 0.1) is 34.3 Å². The molecular weight excluding hydrogens is 518 g/mol. The number of ether oxygens (including phenoxy) is 1. The highest BCUT2D eigenvalue weighted by Gasteiger charge is 2.09. The Labute approximate surface area is 183 Å². The van der Waals surface area contributed by atoms with E-state index in [-0.39, 0.29) is 24.0 Å². The normalized spacial score (nSPS) is 11.0. The van der Waals surface area contributed by atoms with Crippen LogP contribution >= 0.6 is 70.1 Å². The molecule has 0 atom stereocenters. The number of benzene rings is 1. The number of aromatic nitrogens is 1. The van der Waals surface area contributed by atoms with E-state index >= 15 is 0 Å². The Kier molecular flexibility index (Phi) is 10.2. The number of thiazole rings is 1. The van der Waals surface area contributed by atoms with E-state index in [1.165, 1.54) is 4.88 Å². The van der Waals surface area contributed by atoms with Crippen LogP contribution < -0.4 is 15.4 Å². The van der Waals surface area contributed by atoms with E-state index in [0.717, 1.165) is 5.69 Å². The molecule has 0 saturated heterocycles. The number of hydrogen-bond acceptors (Lipinski definition) is 4. The van der Waals surface area contributed by atoms with E-state index in [1.807, 2.05) is 12.4 Å². The maximum atomic E-state index is 6.07. The number of aryl methyl sites for hydroxylation is 1. The first kappa shape index (κ1) is 22.6. The molecule has 2 aromatic rings. The van der Waals surface area contributed by atoms with Crippen LogP contribution in [0.5, 0.6) is 5.75 Å². The summed E-state index contributed by atoms with van der Waals surface area (Å²) in [6, 6.07) is 3.19. The molecule has 0 spiro atoms. The molecule has 2 rings (SSSR count). The van der Waals surface area contributed by atoms with Gasteiger partial charge in [0.15, 0.2) is 11.7 Å². The van der Waals surface area contributed by atoms with Crippen LogP contribution in [0.2, 0.25) is 15.1 Å². The lowest BCUT2D eigenvalue weighted by atomic mass is 10.3. The molecule has 5 nitrogen and oxygen atoms in total. The standard InChI is InChI=1S/C15H17Cl3N4OS.HI/c1-9-13(24-8-22-9)7-21-15(19-2)20-3-4-23-14-11(17)5-10(16)6-12(14)18;/h5-6,8H,3-4,7H2,1-2H3,(H2,19,20,21);1H. The highest BCUT2D eigenvalue weighted by Crippen LogP contribution is 2.35. The Hall–Kier alpha value is -0.480. The lowest BCUT2D eigenvalue weighted by Gasteiger charge is -2.13. The summed E-state index contributed by atoms with van der Waals surface area (Å²) in [6.07, 6.45) is 0. The van der Waals surface area contributed by atoms with Gasteiger partial charge >= 0.3 is 0 Å². The van der Waals surface area contributed by atoms with Crippen molar-refractivity contribution in [3.63, 3.8) is 0 Å². The van der Waals surface area contributed by atoms with Gasteiger partial charge in [0.2, 0.25) is 0 Å². The van der Waals surface area contributed by atoms with Crippen LogP contribution in [-0.4, -0.2) is 31.1 Å². The first-order valence-electron chi connectivity index (χ1n) is 7.12. The lowest BCUT2D eigenvalue weighted by Crippen LogP contribution is -2.38. The molecule has 0 unspecified atom stereocenters. The van der Waals surface area contributed by atoms with Gasteiger partial charge in [0.25, 0.3) is 0 Å². The second-order valence-electron chi connectivity index (χ2n) is 4.76. The molecule has 10 heteroatoms. The van der Waals surface area contributed by atoms with Crippen molar-refractivity contribution in [1.82, 2.24) is 15.6 Å². The molecule has 0 aliphatic rings. The minimum atomic E-state index is 0. The van der Waals surface area contributed by atoms with E-state index in [0.29, 0.717) is 46.5 Å². The second-order valence-corrected chi connectivity index (χ2v) is 6.95. The van der Waals surface area contributed by atoms with Gasteiger partial charge in [-0.05, 0) is 19.1 Å². The Morgan fingerprint density at radius 3 is 2.48 bits per heavy atom. The fourth-order valence-corrected chi connectivity index (χ4v) is 3.51. The first-order chi connectivity index (χ1) is 11.5. The number of hydrogen-bond donors (Lipinski definition) is 2. The van der Waals surface area contributed by atoms with E-state index < -0.39 is 0 Å². The van der Waals surface area contributed by atoms with Gasteiger partial charge in [-0.3, -0.25) is 4.99 Å². The number of rotatable bonds is 6. The summed E-state index contributed by atoms with van der Waals surface area (Å²) in [6.45, 7) is 3.57. The average molecular weight is 536 g/mol. The quantitative estimate of drug-likeness (QED) is 0.242. The maximum Gasteiger partial charge on any atom is 0.191 e. The molecule has 1 aromatic carbocycles. The summed E-state index contributed by atoms with van der Waals surface area (Å²) in [5.74, 6) is 1.10. The largest absolute Gasteiger partial charge is 0.489 e. The molecule has 0 radical (unpaired) electrons. The number of aliphatic imine (C=N–C) groups is 1. The van der Waals surface area contributed by atoms with Gasteiger partial charge in [-0.1, -0.05) is 34.8 Å². The van der Waals surface area contributed by atoms with Crippen LogP contribution in [0.4, 0.5) is 0 Å². The number of halogens is 4. The van der Waals surface area contributed by atoms with Crippen molar-refractivity contribution in [2.45, 2.75) is 13.5 Å². The van der Waals surface area contributed by atoms with Crippen LogP contribution in [0.25, 0.3) is 0 Å². The lowest BCUT2D eigenvalue weighted by molar-refractivity contribution is 0.322. The monoisotopic (exact) mass is 534 g/mol. The summed E-state index contributed by atoms with van der Waals surface area (Å²) < 4.78 is 5.61. The number of guanidine groups is 1. The molecule has 0 aliphatic carbocycles. The van der Waals surface area contributed by atoms with Crippen LogP contribution in [0.3, 0.4) is 0 Å². The Balaban J connectivity index is 0.00000312. The molecule has 0 amide bonds. The Morgan fingerprint density at radius 2 is 1.92 bits per heavy atom. The predicted molar refractivity (Wildman–Crippen MR) is 117 cm³/mol. The van der Waals surface area contributed by atoms with Crippen LogP contribution in [-0.2, 0) is 6.54 Å². The molecule has 25 heavy (non-hydrogen) atoms. The maximum absolute atomic E-state index is 6.07. The third-order valence-electron chi connectivity index (χ3n) is 3.09. The van der Waals surface area contributed by atoms with Gasteiger partial charge in [-0.2, -0.15) is 0 Å². The zero-order valence-electron chi connectivity index (χ0n) is 13.6. The minimum Gasteiger partial charge on any atom is -0.489 e. The van der Waals surface area contributed by atoms with Crippen LogP contribution in [0.1, 0.15) is 10.6 Å². The zero-order chi connectivity index (χ0) is 17.5. The summed E-state index contributed by atoms with van der Waals surface area (Å²) in [5.41, 5.74) is 2.86. The molecular formula is C15H18Cl3IN4OS. The molecule has 1 heterocycles. The van der Waals surface area contributed by atoms with Gasteiger partial charge in [0.1, 0.15) is 6.61 Å². The van der Waals surface area contributed by atoms with Gasteiger partial charge in [0, 0.05) is 16.9 Å². The summed E-state index contributed by atoms with van der Waals surface area (Å²) in [7, 11) is 1.71. The van der Waals surface area contributed by atoms with Crippen molar-refractivity contribution in [1.29, 1.82) is 0 Å². The number of nitrogens with one attached hydrogen (secondary N) is 2. The summed E-state index contributed by atoms with van der Waals surface area (Å²) in [5, 5.41) is 7.62. The molecule has 1 aromatic heterocycles. The third-order valence-corrected chi connectivity index (χ3v) is 4.80. The second kappa shape index (κ2) is 11.3. The van der Waals surface area contributed by atoms with Crippen LogP contribution in [0, 0.1) is 6.92 Å². The fourth-order valence-electron chi connectivity index (χ4n) is 1.87. The van der Waals surface area contributed by atoms with Crippen molar-refractivity contribution < 1.29 is 4.74 Å². The molecule has 0 bridgehead atoms. The summed E-state index contributed by atoms with van der Waals surface area (Å²) in [4.78, 5) is 9.55. The highest BCUT2D eigenvalue weighted by atomic mass is 127. The number of nitrogens with zero attached hydrogens (tertiary/aromatic N) is 2. The summed E-state index contributed by atoms with van der Waals surface area (Å²) >= 11 is 19.6. The highest BCUT2D eigenvalue weighted by molar-refractivity contribution is 14.0. The van der Waals surface area contributed by atoms with Crippen molar-refractivity contribution in [3.05, 3.63) is 43.3 Å². The molecule has 2 N–H and O–H groups in total. The zero-order valence-corrected chi connectivity index (χ0v) is 19.0. The topological polar surface area (TPSA) is 58.5 Å². The third kappa shape index (κ3) is 6.97. The van der Waals surface area contributed by atoms with Gasteiger partial charge in [-0.25, -0.2) is 4.98 Å². The Morgan fingerprint density at radius 1 is 1.24 bits per heavy atom. The van der Waals surface area contributed by atoms with Gasteiger partial charge in [-0.15, -0.1) is 35.3 Å². The first-order valence-corrected chi connectivity index (χ1v) is 9.13.